The maximum atomic E-state index is 12.4. The lowest BCUT2D eigenvalue weighted by atomic mass is 10.1. The SMILES string of the molecule is CCc1ccc2c(CC(=O)Nc3cc(C)ccc3C)coc2c1. The molecule has 1 aromatic heterocycles. The maximum Gasteiger partial charge on any atom is 0.228 e. The molecule has 0 aliphatic heterocycles. The van der Waals surface area contributed by atoms with Gasteiger partial charge in [0.15, 0.2) is 0 Å². The van der Waals surface area contributed by atoms with Gasteiger partial charge in [-0.3, -0.25) is 4.79 Å². The third kappa shape index (κ3) is 3.29. The number of carbonyl (C=O) groups is 1. The molecular formula is C20H21NO2. The minimum Gasteiger partial charge on any atom is -0.464 e. The fourth-order valence-electron chi connectivity index (χ4n) is 2.72. The van der Waals surface area contributed by atoms with Crippen molar-refractivity contribution in [3.63, 3.8) is 0 Å². The van der Waals surface area contributed by atoms with Crippen LogP contribution in [-0.2, 0) is 17.6 Å². The van der Waals surface area contributed by atoms with E-state index in [1.165, 1.54) is 5.56 Å². The van der Waals surface area contributed by atoms with Crippen LogP contribution in [0.5, 0.6) is 0 Å². The van der Waals surface area contributed by atoms with Gasteiger partial charge in [0, 0.05) is 16.6 Å². The molecule has 0 radical (unpaired) electrons. The van der Waals surface area contributed by atoms with E-state index in [2.05, 4.69) is 18.3 Å². The first-order valence-corrected chi connectivity index (χ1v) is 7.93. The predicted molar refractivity (Wildman–Crippen MR) is 93.8 cm³/mol. The first-order chi connectivity index (χ1) is 11.1. The number of hydrogen-bond donors (Lipinski definition) is 1. The second-order valence-corrected chi connectivity index (χ2v) is 5.99. The molecule has 0 spiro atoms. The highest BCUT2D eigenvalue weighted by Gasteiger charge is 2.12. The van der Waals surface area contributed by atoms with Gasteiger partial charge >= 0.3 is 0 Å². The van der Waals surface area contributed by atoms with E-state index in [0.717, 1.165) is 39.8 Å². The summed E-state index contributed by atoms with van der Waals surface area (Å²) in [4.78, 5) is 12.4. The van der Waals surface area contributed by atoms with Crippen LogP contribution in [0.1, 0.15) is 29.2 Å². The minimum atomic E-state index is -0.0269. The molecule has 1 heterocycles. The summed E-state index contributed by atoms with van der Waals surface area (Å²) in [5.74, 6) is -0.0269. The Hall–Kier alpha value is -2.55. The molecule has 3 nitrogen and oxygen atoms in total. The summed E-state index contributed by atoms with van der Waals surface area (Å²) >= 11 is 0. The quantitative estimate of drug-likeness (QED) is 0.752. The van der Waals surface area contributed by atoms with Crippen molar-refractivity contribution in [1.82, 2.24) is 0 Å². The summed E-state index contributed by atoms with van der Waals surface area (Å²) in [6.07, 6.45) is 2.97. The number of rotatable bonds is 4. The summed E-state index contributed by atoms with van der Waals surface area (Å²) < 4.78 is 5.61. The molecule has 1 amide bonds. The molecule has 0 unspecified atom stereocenters. The van der Waals surface area contributed by atoms with Crippen molar-refractivity contribution in [1.29, 1.82) is 0 Å². The Morgan fingerprint density at radius 2 is 1.96 bits per heavy atom. The number of furan rings is 1. The molecule has 2 aromatic carbocycles. The van der Waals surface area contributed by atoms with Gasteiger partial charge < -0.3 is 9.73 Å². The van der Waals surface area contributed by atoms with Crippen LogP contribution >= 0.6 is 0 Å². The molecule has 0 bridgehead atoms. The van der Waals surface area contributed by atoms with Gasteiger partial charge in [0.25, 0.3) is 0 Å². The van der Waals surface area contributed by atoms with E-state index in [-0.39, 0.29) is 5.91 Å². The molecule has 0 atom stereocenters. The van der Waals surface area contributed by atoms with Crippen LogP contribution < -0.4 is 5.32 Å². The number of nitrogens with one attached hydrogen (secondary N) is 1. The van der Waals surface area contributed by atoms with Gasteiger partial charge in [-0.15, -0.1) is 0 Å². The Bertz CT molecular complexity index is 861. The Labute approximate surface area is 136 Å². The van der Waals surface area contributed by atoms with Gasteiger partial charge in [-0.05, 0) is 49.1 Å². The second-order valence-electron chi connectivity index (χ2n) is 5.99. The first-order valence-electron chi connectivity index (χ1n) is 7.93. The third-order valence-corrected chi connectivity index (χ3v) is 4.15. The van der Waals surface area contributed by atoms with Crippen LogP contribution in [0, 0.1) is 13.8 Å². The topological polar surface area (TPSA) is 42.2 Å². The van der Waals surface area contributed by atoms with Crippen molar-refractivity contribution < 1.29 is 9.21 Å². The molecule has 3 rings (SSSR count). The number of amides is 1. The lowest BCUT2D eigenvalue weighted by molar-refractivity contribution is -0.115. The van der Waals surface area contributed by atoms with Gasteiger partial charge in [0.2, 0.25) is 5.91 Å². The van der Waals surface area contributed by atoms with Crippen molar-refractivity contribution in [3.8, 4) is 0 Å². The van der Waals surface area contributed by atoms with E-state index in [4.69, 9.17) is 4.42 Å². The third-order valence-electron chi connectivity index (χ3n) is 4.15. The van der Waals surface area contributed by atoms with Crippen LogP contribution in [0.4, 0.5) is 5.69 Å². The molecule has 0 fully saturated rings. The van der Waals surface area contributed by atoms with Crippen LogP contribution in [0.25, 0.3) is 11.0 Å². The van der Waals surface area contributed by atoms with Crippen LogP contribution in [0.2, 0.25) is 0 Å². The Kier molecular flexibility index (Phi) is 4.20. The number of carbonyl (C=O) groups excluding carboxylic acids is 1. The van der Waals surface area contributed by atoms with E-state index in [0.29, 0.717) is 6.42 Å². The van der Waals surface area contributed by atoms with Gasteiger partial charge in [-0.1, -0.05) is 31.2 Å². The number of hydrogen-bond acceptors (Lipinski definition) is 2. The van der Waals surface area contributed by atoms with E-state index < -0.39 is 0 Å². The number of fused-ring (bicyclic) bond motifs is 1. The van der Waals surface area contributed by atoms with Crippen molar-refractivity contribution in [2.24, 2.45) is 0 Å². The van der Waals surface area contributed by atoms with Gasteiger partial charge in [0.1, 0.15) is 5.58 Å². The molecule has 3 heteroatoms. The van der Waals surface area contributed by atoms with Crippen LogP contribution in [-0.4, -0.2) is 5.91 Å². The average Bonchev–Trinajstić information content (AvgIpc) is 2.93. The summed E-state index contributed by atoms with van der Waals surface area (Å²) in [6.45, 7) is 6.13. The molecule has 0 saturated heterocycles. The van der Waals surface area contributed by atoms with Crippen molar-refractivity contribution in [2.45, 2.75) is 33.6 Å². The zero-order valence-corrected chi connectivity index (χ0v) is 13.8. The maximum absolute atomic E-state index is 12.4. The predicted octanol–water partition coefficient (Wildman–Crippen LogP) is 4.79. The van der Waals surface area contributed by atoms with Crippen LogP contribution in [0.15, 0.2) is 47.1 Å². The molecule has 3 aromatic rings. The lowest BCUT2D eigenvalue weighted by Crippen LogP contribution is -2.15. The molecule has 118 valence electrons. The van der Waals surface area contributed by atoms with Crippen molar-refractivity contribution in [2.75, 3.05) is 5.32 Å². The largest absolute Gasteiger partial charge is 0.464 e. The highest BCUT2D eigenvalue weighted by atomic mass is 16.3. The minimum absolute atomic E-state index is 0.0269. The molecule has 23 heavy (non-hydrogen) atoms. The first kappa shape index (κ1) is 15.3. The molecule has 0 aliphatic rings. The molecule has 1 N–H and O–H groups in total. The second kappa shape index (κ2) is 6.29. The number of benzene rings is 2. The smallest absolute Gasteiger partial charge is 0.228 e. The molecule has 0 saturated carbocycles. The number of anilines is 1. The van der Waals surface area contributed by atoms with Gasteiger partial charge in [0.05, 0.1) is 12.7 Å². The molecule has 0 aliphatic carbocycles. The average molecular weight is 307 g/mol. The summed E-state index contributed by atoms with van der Waals surface area (Å²) in [6, 6.07) is 12.2. The highest BCUT2D eigenvalue weighted by Crippen LogP contribution is 2.24. The van der Waals surface area contributed by atoms with Gasteiger partial charge in [-0.2, -0.15) is 0 Å². The summed E-state index contributed by atoms with van der Waals surface area (Å²) in [5.41, 5.74) is 6.07. The van der Waals surface area contributed by atoms with E-state index >= 15 is 0 Å². The lowest BCUT2D eigenvalue weighted by Gasteiger charge is -2.09. The van der Waals surface area contributed by atoms with E-state index in [1.54, 1.807) is 6.26 Å². The van der Waals surface area contributed by atoms with Crippen molar-refractivity contribution >= 4 is 22.6 Å². The zero-order valence-electron chi connectivity index (χ0n) is 13.8. The highest BCUT2D eigenvalue weighted by molar-refractivity contribution is 5.96. The van der Waals surface area contributed by atoms with Crippen LogP contribution in [0.3, 0.4) is 0 Å². The number of aryl methyl sites for hydroxylation is 3. The Balaban J connectivity index is 1.79. The zero-order chi connectivity index (χ0) is 16.4. The fraction of sp³-hybridized carbons (Fsp3) is 0.250. The summed E-state index contributed by atoms with van der Waals surface area (Å²) in [5, 5.41) is 4.01. The van der Waals surface area contributed by atoms with Crippen molar-refractivity contribution in [3.05, 3.63) is 64.9 Å². The molecular weight excluding hydrogens is 286 g/mol. The standard InChI is InChI=1S/C20H21NO2/c1-4-15-7-8-17-16(12-23-19(17)10-15)11-20(22)21-18-9-13(2)5-6-14(18)3/h5-10,12H,4,11H2,1-3H3,(H,21,22). The Morgan fingerprint density at radius 1 is 1.13 bits per heavy atom. The van der Waals surface area contributed by atoms with E-state index in [9.17, 15) is 4.79 Å². The monoisotopic (exact) mass is 307 g/mol. The van der Waals surface area contributed by atoms with E-state index in [1.807, 2.05) is 44.2 Å². The Morgan fingerprint density at radius 3 is 2.74 bits per heavy atom. The van der Waals surface area contributed by atoms with Gasteiger partial charge in [-0.25, -0.2) is 0 Å². The fourth-order valence-corrected chi connectivity index (χ4v) is 2.72. The normalized spacial score (nSPS) is 10.9. The summed E-state index contributed by atoms with van der Waals surface area (Å²) in [7, 11) is 0.